The smallest absolute Gasteiger partial charge is 0.334 e. The molecule has 12 heavy (non-hydrogen) atoms. The summed E-state index contributed by atoms with van der Waals surface area (Å²) in [6.45, 7) is 4.36. The first-order chi connectivity index (χ1) is 5.68. The molecule has 0 aliphatic rings. The summed E-state index contributed by atoms with van der Waals surface area (Å²) in [5, 5.41) is 0. The van der Waals surface area contributed by atoms with Crippen LogP contribution in [0.25, 0.3) is 0 Å². The molecule has 0 N–H and O–H groups in total. The van der Waals surface area contributed by atoms with Crippen molar-refractivity contribution < 1.29 is 8.85 Å². The molecule has 0 heterocycles. The maximum absolute atomic E-state index is 5.39. The second-order valence-corrected chi connectivity index (χ2v) is 8.29. The summed E-state index contributed by atoms with van der Waals surface area (Å²) < 4.78 is 10.8. The fourth-order valence-corrected chi connectivity index (χ4v) is 3.53. The van der Waals surface area contributed by atoms with Crippen LogP contribution in [0.4, 0.5) is 0 Å². The van der Waals surface area contributed by atoms with Gasteiger partial charge in [-0.1, -0.05) is 6.92 Å². The third-order valence-corrected chi connectivity index (χ3v) is 6.29. The molecule has 2 nitrogen and oxygen atoms in total. The van der Waals surface area contributed by atoms with Gasteiger partial charge in [0.15, 0.2) is 0 Å². The average Bonchev–Trinajstić information content (AvgIpc) is 2.12. The molecule has 0 amide bonds. The zero-order valence-electron chi connectivity index (χ0n) is 8.64. The zero-order valence-corrected chi connectivity index (χ0v) is 10.6. The first-order valence-corrected chi connectivity index (χ1v) is 8.43. The Labute approximate surface area is 79.1 Å². The van der Waals surface area contributed by atoms with Crippen molar-refractivity contribution in [1.82, 2.24) is 0 Å². The van der Waals surface area contributed by atoms with Gasteiger partial charge in [-0.05, 0) is 31.3 Å². The van der Waals surface area contributed by atoms with Gasteiger partial charge in [-0.3, -0.25) is 0 Å². The van der Waals surface area contributed by atoms with Gasteiger partial charge >= 0.3 is 8.56 Å². The van der Waals surface area contributed by atoms with Crippen LogP contribution in [0.15, 0.2) is 0 Å². The number of hydrogen-bond acceptors (Lipinski definition) is 2. The van der Waals surface area contributed by atoms with Crippen molar-refractivity contribution in [3.63, 3.8) is 0 Å². The zero-order chi connectivity index (χ0) is 9.45. The third kappa shape index (κ3) is 5.25. The van der Waals surface area contributed by atoms with Gasteiger partial charge in [0.25, 0.3) is 0 Å². The van der Waals surface area contributed by atoms with Crippen LogP contribution in [0.5, 0.6) is 0 Å². The van der Waals surface area contributed by atoms with E-state index >= 15 is 0 Å². The highest BCUT2D eigenvalue weighted by molar-refractivity contribution is 7.37. The first kappa shape index (κ1) is 12.6. The van der Waals surface area contributed by atoms with Crippen LogP contribution in [-0.4, -0.2) is 35.1 Å². The van der Waals surface area contributed by atoms with Crippen molar-refractivity contribution in [2.24, 2.45) is 0 Å². The summed E-state index contributed by atoms with van der Waals surface area (Å²) in [5.74, 6) is 0. The average molecular weight is 208 g/mol. The van der Waals surface area contributed by atoms with Gasteiger partial charge in [0, 0.05) is 14.2 Å². The topological polar surface area (TPSA) is 18.5 Å². The van der Waals surface area contributed by atoms with Crippen molar-refractivity contribution in [1.29, 1.82) is 0 Å². The molecule has 0 radical (unpaired) electrons. The molecule has 0 saturated carbocycles. The van der Waals surface area contributed by atoms with E-state index in [1.54, 1.807) is 14.2 Å². The number of rotatable bonds is 7. The lowest BCUT2D eigenvalue weighted by Crippen LogP contribution is -2.35. The van der Waals surface area contributed by atoms with E-state index in [1.807, 2.05) is 0 Å². The maximum atomic E-state index is 5.39. The molecule has 0 aromatic carbocycles. The molecule has 1 atom stereocenters. The highest BCUT2D eigenvalue weighted by Gasteiger charge is 2.27. The summed E-state index contributed by atoms with van der Waals surface area (Å²) in [4.78, 5) is 0. The quantitative estimate of drug-likeness (QED) is 0.363. The Bertz CT molecular complexity index is 107. The Kier molecular flexibility index (Phi) is 7.35. The van der Waals surface area contributed by atoms with Gasteiger partial charge in [0.1, 0.15) is 0 Å². The van der Waals surface area contributed by atoms with E-state index in [0.29, 0.717) is 0 Å². The molecule has 4 heteroatoms. The molecule has 0 aliphatic heterocycles. The molecule has 0 fully saturated rings. The molecule has 0 aliphatic carbocycles. The van der Waals surface area contributed by atoms with Gasteiger partial charge in [0.2, 0.25) is 0 Å². The summed E-state index contributed by atoms with van der Waals surface area (Å²) >= 11 is 0. The molecule has 0 rings (SSSR count). The summed E-state index contributed by atoms with van der Waals surface area (Å²) in [7, 11) is 2.90. The van der Waals surface area contributed by atoms with E-state index in [4.69, 9.17) is 8.85 Å². The Hall–Kier alpha value is 0.567. The van der Waals surface area contributed by atoms with Crippen LogP contribution in [0.1, 0.15) is 13.3 Å². The summed E-state index contributed by atoms with van der Waals surface area (Å²) in [5.41, 5.74) is 0. The van der Waals surface area contributed by atoms with Crippen LogP contribution in [-0.2, 0) is 8.85 Å². The Morgan fingerprint density at radius 2 is 1.83 bits per heavy atom. The third-order valence-electron chi connectivity index (χ3n) is 2.10. The standard InChI is InChI=1S/C8H21O2PSi/c1-5-11-7-6-8-12(4,9-2)10-3/h11H,5-8H2,1-4H3. The minimum Gasteiger partial charge on any atom is -0.398 e. The lowest BCUT2D eigenvalue weighted by atomic mass is 10.6. The first-order valence-electron chi connectivity index (χ1n) is 4.49. The Balaban J connectivity index is 3.45. The van der Waals surface area contributed by atoms with E-state index in [9.17, 15) is 0 Å². The van der Waals surface area contributed by atoms with E-state index in [-0.39, 0.29) is 0 Å². The van der Waals surface area contributed by atoms with Crippen molar-refractivity contribution in [2.45, 2.75) is 25.9 Å². The molecule has 0 bridgehead atoms. The molecular formula is C8H21O2PSi. The van der Waals surface area contributed by atoms with Crippen LogP contribution < -0.4 is 0 Å². The molecule has 1 unspecified atom stereocenters. The van der Waals surface area contributed by atoms with E-state index in [0.717, 1.165) is 14.6 Å². The van der Waals surface area contributed by atoms with Gasteiger partial charge in [-0.25, -0.2) is 0 Å². The lowest BCUT2D eigenvalue weighted by molar-refractivity contribution is 0.249. The Morgan fingerprint density at radius 1 is 1.25 bits per heavy atom. The minimum atomic E-state index is -1.74. The van der Waals surface area contributed by atoms with Crippen LogP contribution >= 0.6 is 8.58 Å². The van der Waals surface area contributed by atoms with E-state index in [2.05, 4.69) is 13.5 Å². The maximum Gasteiger partial charge on any atom is 0.334 e. The number of hydrogen-bond donors (Lipinski definition) is 0. The van der Waals surface area contributed by atoms with Gasteiger partial charge in [-0.2, -0.15) is 0 Å². The van der Waals surface area contributed by atoms with Crippen molar-refractivity contribution >= 4 is 17.1 Å². The second kappa shape index (κ2) is 7.02. The van der Waals surface area contributed by atoms with Crippen molar-refractivity contribution in [3.05, 3.63) is 0 Å². The Morgan fingerprint density at radius 3 is 2.25 bits per heavy atom. The van der Waals surface area contributed by atoms with E-state index < -0.39 is 8.56 Å². The molecule has 74 valence electrons. The molecule has 0 saturated heterocycles. The highest BCUT2D eigenvalue weighted by atomic mass is 31.1. The molecule has 0 aromatic heterocycles. The predicted octanol–water partition coefficient (Wildman–Crippen LogP) is 2.44. The fourth-order valence-electron chi connectivity index (χ4n) is 0.999. The molecule has 0 aromatic rings. The highest BCUT2D eigenvalue weighted by Crippen LogP contribution is 2.18. The fraction of sp³-hybridized carbons (Fsp3) is 1.00. The van der Waals surface area contributed by atoms with Crippen LogP contribution in [0.3, 0.4) is 0 Å². The summed E-state index contributed by atoms with van der Waals surface area (Å²) in [6.07, 6.45) is 3.92. The molecular weight excluding hydrogens is 187 g/mol. The second-order valence-electron chi connectivity index (χ2n) is 3.00. The van der Waals surface area contributed by atoms with Gasteiger partial charge in [-0.15, -0.1) is 8.58 Å². The van der Waals surface area contributed by atoms with Crippen LogP contribution in [0, 0.1) is 0 Å². The monoisotopic (exact) mass is 208 g/mol. The van der Waals surface area contributed by atoms with Gasteiger partial charge < -0.3 is 8.85 Å². The molecule has 0 spiro atoms. The largest absolute Gasteiger partial charge is 0.398 e. The predicted molar refractivity (Wildman–Crippen MR) is 58.8 cm³/mol. The van der Waals surface area contributed by atoms with Gasteiger partial charge in [0.05, 0.1) is 0 Å². The lowest BCUT2D eigenvalue weighted by Gasteiger charge is -2.22. The van der Waals surface area contributed by atoms with Crippen molar-refractivity contribution in [2.75, 3.05) is 26.5 Å². The van der Waals surface area contributed by atoms with Crippen LogP contribution in [0.2, 0.25) is 12.6 Å². The van der Waals surface area contributed by atoms with E-state index in [1.165, 1.54) is 18.7 Å². The SMILES string of the molecule is CCPCCC[Si](C)(OC)OC. The summed E-state index contributed by atoms with van der Waals surface area (Å²) in [6, 6.07) is 1.13. The minimum absolute atomic E-state index is 1.11. The van der Waals surface area contributed by atoms with Crippen molar-refractivity contribution in [3.8, 4) is 0 Å². The normalized spacial score (nSPS) is 13.0.